The average Bonchev–Trinajstić information content (AvgIpc) is 2.59. The summed E-state index contributed by atoms with van der Waals surface area (Å²) < 4.78 is 24.5. The van der Waals surface area contributed by atoms with Crippen LogP contribution in [0.5, 0.6) is 0 Å². The number of sulfonamides is 1. The van der Waals surface area contributed by atoms with E-state index in [9.17, 15) is 18.0 Å². The molecule has 0 bridgehead atoms. The number of carbonyl (C=O) groups is 2. The van der Waals surface area contributed by atoms with Crippen molar-refractivity contribution in [3.8, 4) is 0 Å². The number of nitrogens with one attached hydrogen (secondary N) is 2. The molecule has 1 aliphatic heterocycles. The summed E-state index contributed by atoms with van der Waals surface area (Å²) in [6, 6.07) is 9.34. The van der Waals surface area contributed by atoms with Crippen molar-refractivity contribution in [2.45, 2.75) is 12.6 Å². The third-order valence-corrected chi connectivity index (χ3v) is 4.78. The van der Waals surface area contributed by atoms with E-state index in [1.807, 2.05) is 35.2 Å². The van der Waals surface area contributed by atoms with Crippen molar-refractivity contribution in [2.24, 2.45) is 0 Å². The SMILES string of the molecule is CNC(=O)[C@H]1CN(C(=O)CNS(C)(=O)=O)CCN1Cc1ccccc1. The summed E-state index contributed by atoms with van der Waals surface area (Å²) >= 11 is 0. The minimum Gasteiger partial charge on any atom is -0.358 e. The monoisotopic (exact) mass is 368 g/mol. The maximum atomic E-state index is 12.3. The minimum atomic E-state index is -3.43. The van der Waals surface area contributed by atoms with Crippen LogP contribution in [0.25, 0.3) is 0 Å². The first kappa shape index (κ1) is 19.4. The number of benzene rings is 1. The second kappa shape index (κ2) is 8.41. The predicted molar refractivity (Wildman–Crippen MR) is 94.1 cm³/mol. The molecule has 1 fully saturated rings. The van der Waals surface area contributed by atoms with Crippen LogP contribution in [-0.4, -0.2) is 75.6 Å². The molecule has 0 unspecified atom stereocenters. The summed E-state index contributed by atoms with van der Waals surface area (Å²) in [5.74, 6) is -0.497. The molecule has 0 radical (unpaired) electrons. The summed E-state index contributed by atoms with van der Waals surface area (Å²) in [5.41, 5.74) is 1.09. The van der Waals surface area contributed by atoms with E-state index in [1.54, 1.807) is 7.05 Å². The lowest BCUT2D eigenvalue weighted by molar-refractivity contribution is -0.137. The molecule has 1 heterocycles. The second-order valence-corrected chi connectivity index (χ2v) is 7.85. The third-order valence-electron chi connectivity index (χ3n) is 4.11. The highest BCUT2D eigenvalue weighted by Crippen LogP contribution is 2.14. The lowest BCUT2D eigenvalue weighted by atomic mass is 10.1. The summed E-state index contributed by atoms with van der Waals surface area (Å²) in [6.07, 6.45) is 1.01. The Morgan fingerprint density at radius 3 is 2.48 bits per heavy atom. The molecule has 2 amide bonds. The van der Waals surface area contributed by atoms with Crippen LogP contribution in [0.15, 0.2) is 30.3 Å². The van der Waals surface area contributed by atoms with Crippen LogP contribution in [0.4, 0.5) is 0 Å². The van der Waals surface area contributed by atoms with E-state index in [-0.39, 0.29) is 24.9 Å². The van der Waals surface area contributed by atoms with Crippen LogP contribution < -0.4 is 10.0 Å². The van der Waals surface area contributed by atoms with E-state index >= 15 is 0 Å². The van der Waals surface area contributed by atoms with Gasteiger partial charge in [0.1, 0.15) is 6.04 Å². The van der Waals surface area contributed by atoms with Gasteiger partial charge in [-0.2, -0.15) is 0 Å². The molecule has 1 aromatic rings. The van der Waals surface area contributed by atoms with Gasteiger partial charge in [0.2, 0.25) is 21.8 Å². The van der Waals surface area contributed by atoms with Crippen molar-refractivity contribution in [3.05, 3.63) is 35.9 Å². The Labute approximate surface area is 148 Å². The summed E-state index contributed by atoms with van der Waals surface area (Å²) in [7, 11) is -1.87. The third kappa shape index (κ3) is 5.80. The molecule has 2 rings (SSSR count). The molecule has 25 heavy (non-hydrogen) atoms. The summed E-state index contributed by atoms with van der Waals surface area (Å²) in [4.78, 5) is 28.0. The molecular formula is C16H24N4O4S. The Bertz CT molecular complexity index is 708. The summed E-state index contributed by atoms with van der Waals surface area (Å²) in [6.45, 7) is 1.54. The van der Waals surface area contributed by atoms with Crippen molar-refractivity contribution < 1.29 is 18.0 Å². The van der Waals surface area contributed by atoms with Gasteiger partial charge in [-0.25, -0.2) is 13.1 Å². The molecule has 2 N–H and O–H groups in total. The molecule has 1 saturated heterocycles. The van der Waals surface area contributed by atoms with Crippen LogP contribution in [0, 0.1) is 0 Å². The summed E-state index contributed by atoms with van der Waals surface area (Å²) in [5, 5.41) is 2.64. The van der Waals surface area contributed by atoms with Crippen LogP contribution in [-0.2, 0) is 26.2 Å². The highest BCUT2D eigenvalue weighted by atomic mass is 32.2. The number of hydrogen-bond donors (Lipinski definition) is 2. The van der Waals surface area contributed by atoms with Gasteiger partial charge in [0, 0.05) is 33.2 Å². The van der Waals surface area contributed by atoms with Gasteiger partial charge in [-0.3, -0.25) is 14.5 Å². The number of hydrogen-bond acceptors (Lipinski definition) is 5. The predicted octanol–water partition coefficient (Wildman–Crippen LogP) is -1.01. The fraction of sp³-hybridized carbons (Fsp3) is 0.500. The van der Waals surface area contributed by atoms with Gasteiger partial charge in [-0.1, -0.05) is 30.3 Å². The van der Waals surface area contributed by atoms with Crippen molar-refractivity contribution in [1.29, 1.82) is 0 Å². The average molecular weight is 368 g/mol. The van der Waals surface area contributed by atoms with E-state index in [1.165, 1.54) is 4.90 Å². The zero-order valence-corrected chi connectivity index (χ0v) is 15.3. The van der Waals surface area contributed by atoms with Gasteiger partial charge < -0.3 is 10.2 Å². The fourth-order valence-electron chi connectivity index (χ4n) is 2.77. The first-order valence-corrected chi connectivity index (χ1v) is 9.91. The number of nitrogens with zero attached hydrogens (tertiary/aromatic N) is 2. The maximum Gasteiger partial charge on any atom is 0.238 e. The smallest absolute Gasteiger partial charge is 0.238 e. The van der Waals surface area contributed by atoms with Gasteiger partial charge in [-0.05, 0) is 5.56 Å². The molecule has 1 aliphatic rings. The van der Waals surface area contributed by atoms with E-state index < -0.39 is 16.1 Å². The Morgan fingerprint density at radius 2 is 1.88 bits per heavy atom. The van der Waals surface area contributed by atoms with E-state index in [0.29, 0.717) is 19.6 Å². The lowest BCUT2D eigenvalue weighted by Gasteiger charge is -2.40. The van der Waals surface area contributed by atoms with Gasteiger partial charge in [0.05, 0.1) is 12.8 Å². The zero-order chi connectivity index (χ0) is 18.4. The first-order chi connectivity index (χ1) is 11.8. The van der Waals surface area contributed by atoms with Crippen LogP contribution in [0.1, 0.15) is 5.56 Å². The number of piperazine rings is 1. The van der Waals surface area contributed by atoms with E-state index in [0.717, 1.165) is 11.8 Å². The van der Waals surface area contributed by atoms with Crippen LogP contribution in [0.2, 0.25) is 0 Å². The standard InChI is InChI=1S/C16H24N4O4S/c1-17-16(22)14-12-20(15(21)10-18-25(2,23)24)9-8-19(14)11-13-6-4-3-5-7-13/h3-7,14,18H,8-12H2,1-2H3,(H,17,22)/t14-/m1/s1. The minimum absolute atomic E-state index is 0.162. The molecule has 0 saturated carbocycles. The Kier molecular flexibility index (Phi) is 6.51. The van der Waals surface area contributed by atoms with E-state index in [4.69, 9.17) is 0 Å². The molecule has 9 heteroatoms. The largest absolute Gasteiger partial charge is 0.358 e. The molecule has 1 aromatic carbocycles. The molecule has 0 aliphatic carbocycles. The molecule has 1 atom stereocenters. The van der Waals surface area contributed by atoms with Crippen molar-refractivity contribution in [1.82, 2.24) is 19.8 Å². The quantitative estimate of drug-likeness (QED) is 0.671. The van der Waals surface area contributed by atoms with Crippen molar-refractivity contribution in [3.63, 3.8) is 0 Å². The van der Waals surface area contributed by atoms with Crippen LogP contribution >= 0.6 is 0 Å². The first-order valence-electron chi connectivity index (χ1n) is 8.02. The normalized spacial score (nSPS) is 18.8. The van der Waals surface area contributed by atoms with Crippen LogP contribution in [0.3, 0.4) is 0 Å². The van der Waals surface area contributed by atoms with Crippen molar-refractivity contribution in [2.75, 3.05) is 39.5 Å². The maximum absolute atomic E-state index is 12.3. The number of likely N-dealkylation sites (N-methyl/N-ethyl adjacent to an activating group) is 1. The molecular weight excluding hydrogens is 344 g/mol. The van der Waals surface area contributed by atoms with Gasteiger partial charge in [0.15, 0.2) is 0 Å². The fourth-order valence-corrected chi connectivity index (χ4v) is 3.16. The molecule has 8 nitrogen and oxygen atoms in total. The van der Waals surface area contributed by atoms with Gasteiger partial charge in [-0.15, -0.1) is 0 Å². The van der Waals surface area contributed by atoms with Gasteiger partial charge in [0.25, 0.3) is 0 Å². The van der Waals surface area contributed by atoms with E-state index in [2.05, 4.69) is 10.0 Å². The number of carbonyl (C=O) groups excluding carboxylic acids is 2. The Balaban J connectivity index is 2.04. The van der Waals surface area contributed by atoms with Gasteiger partial charge >= 0.3 is 0 Å². The number of amides is 2. The highest BCUT2D eigenvalue weighted by molar-refractivity contribution is 7.88. The Morgan fingerprint density at radius 1 is 1.20 bits per heavy atom. The van der Waals surface area contributed by atoms with Crippen molar-refractivity contribution >= 4 is 21.8 Å². The zero-order valence-electron chi connectivity index (χ0n) is 14.4. The molecule has 0 spiro atoms. The molecule has 0 aromatic heterocycles. The molecule has 138 valence electrons. The number of rotatable bonds is 6. The highest BCUT2D eigenvalue weighted by Gasteiger charge is 2.33. The Hall–Kier alpha value is -1.97. The lowest BCUT2D eigenvalue weighted by Crippen LogP contribution is -2.60. The second-order valence-electron chi connectivity index (χ2n) is 6.02. The topological polar surface area (TPSA) is 98.8 Å².